The number of carbonyl (C=O) groups excluding carboxylic acids is 3. The van der Waals surface area contributed by atoms with Crippen molar-refractivity contribution >= 4 is 29.4 Å². The Morgan fingerprint density at radius 2 is 1.85 bits per heavy atom. The lowest BCUT2D eigenvalue weighted by Crippen LogP contribution is -2.42. The molecule has 8 nitrogen and oxygen atoms in total. The number of aromatic amines is 1. The van der Waals surface area contributed by atoms with Crippen LogP contribution in [0.15, 0.2) is 30.5 Å². The smallest absolute Gasteiger partial charge is 0.323 e. The molecular weight excluding hydrogens is 372 g/mol. The van der Waals surface area contributed by atoms with Crippen molar-refractivity contribution < 1.29 is 19.1 Å². The molecule has 1 aromatic carbocycles. The Morgan fingerprint density at radius 3 is 2.52 bits per heavy atom. The van der Waals surface area contributed by atoms with E-state index >= 15 is 0 Å². The van der Waals surface area contributed by atoms with Crippen LogP contribution < -0.4 is 5.32 Å². The molecule has 0 bridgehead atoms. The Balaban J connectivity index is 1.77. The van der Waals surface area contributed by atoms with Gasteiger partial charge < -0.3 is 4.74 Å². The van der Waals surface area contributed by atoms with Gasteiger partial charge >= 0.3 is 5.97 Å². The molecule has 2 fully saturated rings. The first kappa shape index (κ1) is 17.7. The van der Waals surface area contributed by atoms with Crippen molar-refractivity contribution in [2.24, 2.45) is 11.8 Å². The summed E-state index contributed by atoms with van der Waals surface area (Å²) in [6.45, 7) is 0. The summed E-state index contributed by atoms with van der Waals surface area (Å²) in [5.74, 6) is -2.77. The molecule has 3 heterocycles. The van der Waals surface area contributed by atoms with Crippen LogP contribution in [0.1, 0.15) is 11.6 Å². The predicted octanol–water partition coefficient (Wildman–Crippen LogP) is 1.15. The number of nitrogens with one attached hydrogen (secondary N) is 2. The van der Waals surface area contributed by atoms with E-state index in [9.17, 15) is 14.4 Å². The average Bonchev–Trinajstić information content (AvgIpc) is 3.35. The highest BCUT2D eigenvalue weighted by Crippen LogP contribution is 2.45. The van der Waals surface area contributed by atoms with Gasteiger partial charge in [-0.05, 0) is 17.7 Å². The number of likely N-dealkylation sites (tertiary alicyclic amines) is 1. The van der Waals surface area contributed by atoms with Gasteiger partial charge in [0.1, 0.15) is 6.04 Å². The van der Waals surface area contributed by atoms with E-state index in [2.05, 4.69) is 15.5 Å². The third-order valence-corrected chi connectivity index (χ3v) is 5.54. The number of halogens is 1. The minimum Gasteiger partial charge on any atom is -0.468 e. The summed E-state index contributed by atoms with van der Waals surface area (Å²) in [6.07, 6.45) is 1.61. The van der Waals surface area contributed by atoms with Crippen LogP contribution in [0, 0.1) is 11.8 Å². The molecule has 4 rings (SSSR count). The molecule has 27 heavy (non-hydrogen) atoms. The van der Waals surface area contributed by atoms with Crippen LogP contribution in [0.25, 0.3) is 11.3 Å². The number of hydrogen-bond acceptors (Lipinski definition) is 6. The Hall–Kier alpha value is -2.71. The van der Waals surface area contributed by atoms with Gasteiger partial charge in [0.2, 0.25) is 11.8 Å². The van der Waals surface area contributed by atoms with Crippen molar-refractivity contribution in [2.75, 3.05) is 14.2 Å². The minimum absolute atomic E-state index is 0.322. The van der Waals surface area contributed by atoms with E-state index in [4.69, 9.17) is 16.3 Å². The number of carbonyl (C=O) groups is 3. The van der Waals surface area contributed by atoms with Crippen molar-refractivity contribution in [1.29, 1.82) is 0 Å². The highest BCUT2D eigenvalue weighted by atomic mass is 35.5. The summed E-state index contributed by atoms with van der Waals surface area (Å²) >= 11 is 5.96. The molecule has 0 radical (unpaired) electrons. The zero-order chi connectivity index (χ0) is 19.3. The number of imide groups is 1. The highest BCUT2D eigenvalue weighted by Gasteiger charge is 2.60. The second kappa shape index (κ2) is 6.47. The number of H-pyrrole nitrogens is 1. The van der Waals surface area contributed by atoms with Gasteiger partial charge in [0.25, 0.3) is 0 Å². The fourth-order valence-electron chi connectivity index (χ4n) is 3.97. The monoisotopic (exact) mass is 388 g/mol. The molecule has 4 atom stereocenters. The molecular formula is C18H17ClN4O4. The molecule has 0 spiro atoms. The molecule has 2 saturated heterocycles. The average molecular weight is 389 g/mol. The van der Waals surface area contributed by atoms with Crippen LogP contribution in [0.4, 0.5) is 0 Å². The number of hydrogen-bond donors (Lipinski definition) is 2. The van der Waals surface area contributed by atoms with Crippen molar-refractivity contribution in [3.8, 4) is 11.3 Å². The number of rotatable bonds is 3. The number of aromatic nitrogens is 2. The maximum atomic E-state index is 12.7. The Kier molecular flexibility index (Phi) is 4.24. The first-order valence-corrected chi connectivity index (χ1v) is 8.76. The fraction of sp³-hybridized carbons (Fsp3) is 0.333. The molecule has 9 heteroatoms. The number of benzene rings is 1. The molecule has 1 aromatic heterocycles. The van der Waals surface area contributed by atoms with Crippen molar-refractivity contribution in [3.05, 3.63) is 41.0 Å². The van der Waals surface area contributed by atoms with E-state index in [1.54, 1.807) is 18.3 Å². The number of fused-ring (bicyclic) bond motifs is 1. The molecule has 0 aliphatic carbocycles. The second-order valence-corrected chi connectivity index (χ2v) is 7.08. The van der Waals surface area contributed by atoms with Gasteiger partial charge in [-0.2, -0.15) is 5.10 Å². The summed E-state index contributed by atoms with van der Waals surface area (Å²) in [6, 6.07) is 5.72. The van der Waals surface area contributed by atoms with Crippen LogP contribution in [0.3, 0.4) is 0 Å². The zero-order valence-corrected chi connectivity index (χ0v) is 15.4. The molecule has 2 aromatic rings. The van der Waals surface area contributed by atoms with Gasteiger partial charge in [0.05, 0.1) is 30.8 Å². The van der Waals surface area contributed by atoms with Crippen LogP contribution in [0.5, 0.6) is 0 Å². The number of nitrogens with zero attached hydrogens (tertiary/aromatic N) is 2. The van der Waals surface area contributed by atoms with E-state index in [0.29, 0.717) is 16.3 Å². The van der Waals surface area contributed by atoms with E-state index in [0.717, 1.165) is 10.5 Å². The molecule has 2 N–H and O–H groups in total. The van der Waals surface area contributed by atoms with E-state index in [1.807, 2.05) is 12.1 Å². The lowest BCUT2D eigenvalue weighted by atomic mass is 9.86. The summed E-state index contributed by atoms with van der Waals surface area (Å²) in [5.41, 5.74) is 2.23. The molecule has 140 valence electrons. The second-order valence-electron chi connectivity index (χ2n) is 6.64. The van der Waals surface area contributed by atoms with Crippen molar-refractivity contribution in [3.63, 3.8) is 0 Å². The zero-order valence-electron chi connectivity index (χ0n) is 14.6. The third kappa shape index (κ3) is 2.64. The van der Waals surface area contributed by atoms with E-state index in [-0.39, 0.29) is 11.8 Å². The van der Waals surface area contributed by atoms with Crippen LogP contribution >= 0.6 is 11.6 Å². The minimum atomic E-state index is -0.889. The number of methoxy groups -OCH3 is 1. The van der Waals surface area contributed by atoms with Gasteiger partial charge in [-0.1, -0.05) is 23.7 Å². The molecule has 2 aliphatic rings. The van der Waals surface area contributed by atoms with Crippen molar-refractivity contribution in [2.45, 2.75) is 12.1 Å². The Morgan fingerprint density at radius 1 is 1.19 bits per heavy atom. The fourth-order valence-corrected chi connectivity index (χ4v) is 4.09. The summed E-state index contributed by atoms with van der Waals surface area (Å²) in [7, 11) is 2.69. The lowest BCUT2D eigenvalue weighted by molar-refractivity contribution is -0.147. The topological polar surface area (TPSA) is 104 Å². The van der Waals surface area contributed by atoms with Gasteiger partial charge in [-0.25, -0.2) is 0 Å². The van der Waals surface area contributed by atoms with Crippen molar-refractivity contribution in [1.82, 2.24) is 20.4 Å². The quantitative estimate of drug-likeness (QED) is 0.603. The summed E-state index contributed by atoms with van der Waals surface area (Å²) in [5, 5.41) is 10.8. The maximum Gasteiger partial charge on any atom is 0.323 e. The first-order chi connectivity index (χ1) is 12.9. The number of amides is 2. The van der Waals surface area contributed by atoms with Crippen LogP contribution in [-0.2, 0) is 19.1 Å². The summed E-state index contributed by atoms with van der Waals surface area (Å²) < 4.78 is 4.83. The molecule has 0 unspecified atom stereocenters. The SMILES string of the molecule is COC(=O)[C@@H]1N[C@H](c2cn[nH]c2-c2ccc(Cl)cc2)[C@@H]2C(=O)N(C)C(=O)[C@@H]21. The standard InChI is InChI=1S/C18H17ClN4O4/c1-23-16(24)11-12(17(23)25)15(18(26)27-2)21-14(11)10-7-20-22-13(10)8-3-5-9(19)6-4-8/h3-7,11-12,14-15,21H,1-2H3,(H,20,22)/t11-,12+,14-,15-/m1/s1. The Labute approximate surface area is 159 Å². The predicted molar refractivity (Wildman–Crippen MR) is 95.5 cm³/mol. The molecule has 2 amide bonds. The maximum absolute atomic E-state index is 12.7. The Bertz CT molecular complexity index is 926. The molecule has 0 saturated carbocycles. The number of esters is 1. The number of ether oxygens (including phenoxy) is 1. The van der Waals surface area contributed by atoms with E-state index < -0.39 is 29.9 Å². The van der Waals surface area contributed by atoms with Gasteiger partial charge in [-0.3, -0.25) is 29.7 Å². The van der Waals surface area contributed by atoms with E-state index in [1.165, 1.54) is 14.2 Å². The highest BCUT2D eigenvalue weighted by molar-refractivity contribution is 6.30. The van der Waals surface area contributed by atoms with Crippen LogP contribution in [0.2, 0.25) is 5.02 Å². The first-order valence-electron chi connectivity index (χ1n) is 8.38. The lowest BCUT2D eigenvalue weighted by Gasteiger charge is -2.19. The summed E-state index contributed by atoms with van der Waals surface area (Å²) in [4.78, 5) is 38.6. The van der Waals surface area contributed by atoms with Gasteiger partial charge in [0, 0.05) is 23.7 Å². The van der Waals surface area contributed by atoms with Gasteiger partial charge in [-0.15, -0.1) is 0 Å². The van der Waals surface area contributed by atoms with Gasteiger partial charge in [0.15, 0.2) is 0 Å². The normalized spacial score (nSPS) is 27.1. The van der Waals surface area contributed by atoms with Crippen LogP contribution in [-0.4, -0.2) is 53.1 Å². The third-order valence-electron chi connectivity index (χ3n) is 5.29. The molecule has 2 aliphatic heterocycles. The largest absolute Gasteiger partial charge is 0.468 e.